The van der Waals surface area contributed by atoms with Gasteiger partial charge in [-0.25, -0.2) is 4.98 Å². The van der Waals surface area contributed by atoms with Crippen LogP contribution < -0.4 is 10.1 Å². The number of pyridine rings is 1. The van der Waals surface area contributed by atoms with Gasteiger partial charge in [0.15, 0.2) is 0 Å². The van der Waals surface area contributed by atoms with Crippen molar-refractivity contribution in [3.05, 3.63) is 53.9 Å². The zero-order valence-electron chi connectivity index (χ0n) is 12.3. The largest absolute Gasteiger partial charge is 0.494 e. The maximum atomic E-state index is 5.51. The van der Waals surface area contributed by atoms with Gasteiger partial charge in [-0.2, -0.15) is 0 Å². The molecule has 1 aromatic carbocycles. The number of fused-ring (bicyclic) bond motifs is 1. The van der Waals surface area contributed by atoms with Crippen LogP contribution in [0.1, 0.15) is 18.1 Å². The second kappa shape index (κ2) is 5.87. The van der Waals surface area contributed by atoms with Crippen LogP contribution in [-0.4, -0.2) is 16.6 Å². The van der Waals surface area contributed by atoms with Crippen LogP contribution in [0.25, 0.3) is 11.0 Å². The lowest BCUT2D eigenvalue weighted by Gasteiger charge is -2.11. The van der Waals surface area contributed by atoms with Gasteiger partial charge < -0.3 is 15.0 Å². The van der Waals surface area contributed by atoms with Crippen LogP contribution in [0.2, 0.25) is 0 Å². The molecule has 4 nitrogen and oxygen atoms in total. The number of hydrogen-bond acceptors (Lipinski definition) is 3. The molecule has 2 heterocycles. The summed E-state index contributed by atoms with van der Waals surface area (Å²) in [7, 11) is 0. The number of ether oxygens (including phenoxy) is 1. The number of benzene rings is 1. The molecule has 0 amide bonds. The Morgan fingerprint density at radius 3 is 3.00 bits per heavy atom. The van der Waals surface area contributed by atoms with Gasteiger partial charge in [-0.1, -0.05) is 0 Å². The minimum absolute atomic E-state index is 0.689. The van der Waals surface area contributed by atoms with Crippen molar-refractivity contribution in [3.8, 4) is 5.75 Å². The molecular formula is C17H19N3O. The predicted octanol–water partition coefficient (Wildman–Crippen LogP) is 3.88. The van der Waals surface area contributed by atoms with Gasteiger partial charge in [-0.3, -0.25) is 0 Å². The van der Waals surface area contributed by atoms with Gasteiger partial charge in [0.1, 0.15) is 11.4 Å². The first-order valence-corrected chi connectivity index (χ1v) is 7.16. The highest BCUT2D eigenvalue weighted by Crippen LogP contribution is 2.23. The number of nitrogens with zero attached hydrogens (tertiary/aromatic N) is 1. The van der Waals surface area contributed by atoms with Gasteiger partial charge in [-0.15, -0.1) is 0 Å². The van der Waals surface area contributed by atoms with Gasteiger partial charge in [-0.05, 0) is 55.3 Å². The van der Waals surface area contributed by atoms with Crippen molar-refractivity contribution in [2.24, 2.45) is 0 Å². The average Bonchev–Trinajstić information content (AvgIpc) is 2.90. The van der Waals surface area contributed by atoms with Crippen LogP contribution >= 0.6 is 0 Å². The summed E-state index contributed by atoms with van der Waals surface area (Å²) >= 11 is 0. The summed E-state index contributed by atoms with van der Waals surface area (Å²) in [6.07, 6.45) is 3.81. The fourth-order valence-electron chi connectivity index (χ4n) is 2.44. The lowest BCUT2D eigenvalue weighted by molar-refractivity contribution is 0.340. The van der Waals surface area contributed by atoms with Gasteiger partial charge in [0.2, 0.25) is 0 Å². The molecule has 0 atom stereocenters. The Kier molecular flexibility index (Phi) is 3.77. The Morgan fingerprint density at radius 1 is 1.29 bits per heavy atom. The fourth-order valence-corrected chi connectivity index (χ4v) is 2.44. The molecule has 21 heavy (non-hydrogen) atoms. The Labute approximate surface area is 124 Å². The molecule has 0 aliphatic heterocycles. The summed E-state index contributed by atoms with van der Waals surface area (Å²) in [5, 5.41) is 4.63. The molecule has 0 fully saturated rings. The highest BCUT2D eigenvalue weighted by atomic mass is 16.5. The third-order valence-corrected chi connectivity index (χ3v) is 3.51. The molecule has 0 saturated carbocycles. The van der Waals surface area contributed by atoms with Crippen LogP contribution in [0, 0.1) is 6.92 Å². The number of rotatable bonds is 5. The van der Waals surface area contributed by atoms with Gasteiger partial charge >= 0.3 is 0 Å². The normalized spacial score (nSPS) is 10.8. The fraction of sp³-hybridized carbons (Fsp3) is 0.235. The van der Waals surface area contributed by atoms with Crippen LogP contribution in [-0.2, 0) is 6.54 Å². The van der Waals surface area contributed by atoms with Gasteiger partial charge in [0.05, 0.1) is 6.61 Å². The van der Waals surface area contributed by atoms with E-state index in [9.17, 15) is 0 Å². The Hall–Kier alpha value is -2.49. The molecule has 0 bridgehead atoms. The predicted molar refractivity (Wildman–Crippen MR) is 85.8 cm³/mol. The van der Waals surface area contributed by atoms with Crippen LogP contribution in [0.5, 0.6) is 5.75 Å². The van der Waals surface area contributed by atoms with E-state index in [0.717, 1.165) is 29.0 Å². The zero-order chi connectivity index (χ0) is 14.7. The minimum Gasteiger partial charge on any atom is -0.494 e. The number of aromatic amines is 1. The van der Waals surface area contributed by atoms with Crippen molar-refractivity contribution in [2.45, 2.75) is 20.4 Å². The lowest BCUT2D eigenvalue weighted by Crippen LogP contribution is -2.01. The molecule has 0 spiro atoms. The van der Waals surface area contributed by atoms with E-state index in [1.165, 1.54) is 11.1 Å². The van der Waals surface area contributed by atoms with Gasteiger partial charge in [0, 0.05) is 30.0 Å². The van der Waals surface area contributed by atoms with Crippen molar-refractivity contribution in [1.29, 1.82) is 0 Å². The highest BCUT2D eigenvalue weighted by molar-refractivity contribution is 5.79. The van der Waals surface area contributed by atoms with E-state index in [1.807, 2.05) is 25.3 Å². The monoisotopic (exact) mass is 281 g/mol. The Balaban J connectivity index is 1.75. The maximum absolute atomic E-state index is 5.51. The first-order chi connectivity index (χ1) is 10.3. The highest BCUT2D eigenvalue weighted by Gasteiger charge is 2.05. The van der Waals surface area contributed by atoms with Crippen molar-refractivity contribution < 1.29 is 4.74 Å². The first-order valence-electron chi connectivity index (χ1n) is 7.16. The number of aromatic nitrogens is 2. The molecule has 0 saturated heterocycles. The molecule has 0 aliphatic rings. The number of hydrogen-bond donors (Lipinski definition) is 2. The Bertz CT molecular complexity index is 749. The van der Waals surface area contributed by atoms with E-state index in [-0.39, 0.29) is 0 Å². The maximum Gasteiger partial charge on any atom is 0.137 e. The van der Waals surface area contributed by atoms with Gasteiger partial charge in [0.25, 0.3) is 0 Å². The van der Waals surface area contributed by atoms with Crippen LogP contribution in [0.4, 0.5) is 5.69 Å². The zero-order valence-corrected chi connectivity index (χ0v) is 12.3. The van der Waals surface area contributed by atoms with E-state index in [2.05, 4.69) is 40.4 Å². The average molecular weight is 281 g/mol. The van der Waals surface area contributed by atoms with E-state index in [1.54, 1.807) is 6.20 Å². The summed E-state index contributed by atoms with van der Waals surface area (Å²) in [5.41, 5.74) is 4.44. The first kappa shape index (κ1) is 13.5. The number of nitrogens with one attached hydrogen (secondary N) is 2. The molecule has 0 aliphatic carbocycles. The molecule has 108 valence electrons. The molecule has 4 heteroatoms. The molecular weight excluding hydrogens is 262 g/mol. The molecule has 3 rings (SSSR count). The van der Waals surface area contributed by atoms with Crippen LogP contribution in [0.15, 0.2) is 42.7 Å². The quantitative estimate of drug-likeness (QED) is 0.746. The third kappa shape index (κ3) is 2.84. The lowest BCUT2D eigenvalue weighted by atomic mass is 10.1. The molecule has 2 N–H and O–H groups in total. The van der Waals surface area contributed by atoms with E-state index < -0.39 is 0 Å². The minimum atomic E-state index is 0.689. The van der Waals surface area contributed by atoms with E-state index in [0.29, 0.717) is 6.61 Å². The van der Waals surface area contributed by atoms with E-state index >= 15 is 0 Å². The van der Waals surface area contributed by atoms with Crippen molar-refractivity contribution >= 4 is 16.7 Å². The summed E-state index contributed by atoms with van der Waals surface area (Å²) in [6, 6.07) is 10.2. The second-order valence-corrected chi connectivity index (χ2v) is 4.98. The van der Waals surface area contributed by atoms with Crippen molar-refractivity contribution in [2.75, 3.05) is 11.9 Å². The molecule has 3 aromatic rings. The second-order valence-electron chi connectivity index (χ2n) is 4.98. The number of aryl methyl sites for hydroxylation is 1. The molecule has 0 unspecified atom stereocenters. The standard InChI is InChI=1S/C17H19N3O/c1-3-21-14-6-7-16(12(2)9-14)19-10-13-11-20-17-15(13)5-4-8-18-17/h4-9,11,19H,3,10H2,1-2H3,(H,18,20). The van der Waals surface area contributed by atoms with Crippen LogP contribution in [0.3, 0.4) is 0 Å². The van der Waals surface area contributed by atoms with E-state index in [4.69, 9.17) is 4.74 Å². The number of anilines is 1. The topological polar surface area (TPSA) is 49.9 Å². The molecule has 2 aromatic heterocycles. The summed E-state index contributed by atoms with van der Waals surface area (Å²) in [4.78, 5) is 7.50. The van der Waals surface area contributed by atoms with Crippen molar-refractivity contribution in [1.82, 2.24) is 9.97 Å². The summed E-state index contributed by atoms with van der Waals surface area (Å²) < 4.78 is 5.51. The van der Waals surface area contributed by atoms with Crippen molar-refractivity contribution in [3.63, 3.8) is 0 Å². The summed E-state index contributed by atoms with van der Waals surface area (Å²) in [6.45, 7) is 5.53. The molecule has 0 radical (unpaired) electrons. The summed E-state index contributed by atoms with van der Waals surface area (Å²) in [5.74, 6) is 0.914. The smallest absolute Gasteiger partial charge is 0.137 e. The number of H-pyrrole nitrogens is 1. The Morgan fingerprint density at radius 2 is 2.19 bits per heavy atom. The SMILES string of the molecule is CCOc1ccc(NCc2c[nH]c3ncccc23)c(C)c1. The third-order valence-electron chi connectivity index (χ3n) is 3.51.